The second kappa shape index (κ2) is 7.34. The van der Waals surface area contributed by atoms with Crippen LogP contribution in [-0.2, 0) is 0 Å². The van der Waals surface area contributed by atoms with E-state index in [0.717, 1.165) is 5.92 Å². The van der Waals surface area contributed by atoms with Gasteiger partial charge in [-0.3, -0.25) is 0 Å². The highest BCUT2D eigenvalue weighted by atomic mass is 15.2. The Morgan fingerprint density at radius 1 is 1.18 bits per heavy atom. The molecular weight excluding hydrogens is 210 g/mol. The first-order chi connectivity index (χ1) is 8.34. The minimum atomic E-state index is 0.999. The average Bonchev–Trinajstić information content (AvgIpc) is 2.83. The summed E-state index contributed by atoms with van der Waals surface area (Å²) in [6.07, 6.45) is 7.23. The number of nitrogens with one attached hydrogen (secondary N) is 1. The molecule has 2 fully saturated rings. The van der Waals surface area contributed by atoms with E-state index in [1.807, 2.05) is 0 Å². The van der Waals surface area contributed by atoms with Crippen LogP contribution >= 0.6 is 0 Å². The highest BCUT2D eigenvalue weighted by Gasteiger charge is 2.16. The fraction of sp³-hybridized carbons (Fsp3) is 1.00. The third kappa shape index (κ3) is 4.94. The van der Waals surface area contributed by atoms with Gasteiger partial charge in [-0.1, -0.05) is 12.8 Å². The van der Waals surface area contributed by atoms with E-state index in [0.29, 0.717) is 0 Å². The van der Waals surface area contributed by atoms with Crippen LogP contribution in [0.3, 0.4) is 0 Å². The summed E-state index contributed by atoms with van der Waals surface area (Å²) in [7, 11) is 2.30. The molecule has 0 aromatic rings. The maximum Gasteiger partial charge on any atom is 0.0107 e. The Bertz CT molecular complexity index is 196. The summed E-state index contributed by atoms with van der Waals surface area (Å²) in [6.45, 7) is 8.74. The van der Waals surface area contributed by atoms with E-state index in [4.69, 9.17) is 0 Å². The van der Waals surface area contributed by atoms with Crippen LogP contribution in [0.4, 0.5) is 0 Å². The van der Waals surface area contributed by atoms with Crippen molar-refractivity contribution in [2.75, 3.05) is 52.9 Å². The van der Waals surface area contributed by atoms with Crippen molar-refractivity contribution in [2.24, 2.45) is 5.92 Å². The Hall–Kier alpha value is -0.120. The molecule has 100 valence electrons. The van der Waals surface area contributed by atoms with E-state index in [9.17, 15) is 0 Å². The zero-order chi connectivity index (χ0) is 11.9. The molecule has 1 aliphatic carbocycles. The van der Waals surface area contributed by atoms with Gasteiger partial charge in [0.1, 0.15) is 0 Å². The van der Waals surface area contributed by atoms with Crippen LogP contribution in [0.1, 0.15) is 32.1 Å². The summed E-state index contributed by atoms with van der Waals surface area (Å²) >= 11 is 0. The first-order valence-electron chi connectivity index (χ1n) is 7.46. The van der Waals surface area contributed by atoms with Crippen LogP contribution in [-0.4, -0.2) is 62.7 Å². The van der Waals surface area contributed by atoms with Crippen LogP contribution in [0.5, 0.6) is 0 Å². The largest absolute Gasteiger partial charge is 0.314 e. The molecule has 1 N–H and O–H groups in total. The Kier molecular flexibility index (Phi) is 5.75. The van der Waals surface area contributed by atoms with Crippen molar-refractivity contribution in [3.8, 4) is 0 Å². The van der Waals surface area contributed by atoms with E-state index in [-0.39, 0.29) is 0 Å². The van der Waals surface area contributed by atoms with Crippen molar-refractivity contribution in [1.82, 2.24) is 15.1 Å². The fourth-order valence-electron chi connectivity index (χ4n) is 3.22. The summed E-state index contributed by atoms with van der Waals surface area (Å²) in [5, 5.41) is 3.41. The molecule has 2 aliphatic rings. The van der Waals surface area contributed by atoms with Crippen molar-refractivity contribution in [3.05, 3.63) is 0 Å². The van der Waals surface area contributed by atoms with Crippen molar-refractivity contribution < 1.29 is 0 Å². The topological polar surface area (TPSA) is 18.5 Å². The van der Waals surface area contributed by atoms with Crippen molar-refractivity contribution in [3.63, 3.8) is 0 Å². The Balaban J connectivity index is 1.51. The lowest BCUT2D eigenvalue weighted by Gasteiger charge is -2.28. The molecular formula is C14H29N3. The Morgan fingerprint density at radius 3 is 2.59 bits per heavy atom. The molecule has 0 aromatic heterocycles. The highest BCUT2D eigenvalue weighted by molar-refractivity contribution is 4.71. The van der Waals surface area contributed by atoms with E-state index >= 15 is 0 Å². The molecule has 0 atom stereocenters. The van der Waals surface area contributed by atoms with Crippen LogP contribution in [0, 0.1) is 5.92 Å². The van der Waals surface area contributed by atoms with Crippen molar-refractivity contribution in [2.45, 2.75) is 32.1 Å². The van der Waals surface area contributed by atoms with E-state index in [1.165, 1.54) is 77.9 Å². The van der Waals surface area contributed by atoms with Gasteiger partial charge in [-0.15, -0.1) is 0 Å². The molecule has 0 spiro atoms. The van der Waals surface area contributed by atoms with Gasteiger partial charge in [-0.2, -0.15) is 0 Å². The fourth-order valence-corrected chi connectivity index (χ4v) is 3.22. The lowest BCUT2D eigenvalue weighted by Crippen LogP contribution is -2.44. The average molecular weight is 239 g/mol. The number of rotatable bonds is 6. The number of piperazine rings is 1. The molecule has 17 heavy (non-hydrogen) atoms. The summed E-state index contributed by atoms with van der Waals surface area (Å²) in [4.78, 5) is 5.15. The van der Waals surface area contributed by atoms with Gasteiger partial charge in [-0.25, -0.2) is 0 Å². The van der Waals surface area contributed by atoms with Crippen molar-refractivity contribution in [1.29, 1.82) is 0 Å². The number of hydrogen-bond acceptors (Lipinski definition) is 3. The van der Waals surface area contributed by atoms with Crippen LogP contribution in [0.25, 0.3) is 0 Å². The summed E-state index contributed by atoms with van der Waals surface area (Å²) in [5.41, 5.74) is 0. The Labute approximate surface area is 107 Å². The van der Waals surface area contributed by atoms with Crippen LogP contribution in [0.15, 0.2) is 0 Å². The number of hydrogen-bond donors (Lipinski definition) is 1. The molecule has 1 heterocycles. The van der Waals surface area contributed by atoms with Gasteiger partial charge in [0.15, 0.2) is 0 Å². The van der Waals surface area contributed by atoms with Crippen LogP contribution in [0.2, 0.25) is 0 Å². The third-order valence-electron chi connectivity index (χ3n) is 4.27. The summed E-state index contributed by atoms with van der Waals surface area (Å²) in [6, 6.07) is 0. The predicted octanol–water partition coefficient (Wildman–Crippen LogP) is 1.40. The SMILES string of the molecule is CN(CCCN1CCNCC1)CC1CCCC1. The minimum absolute atomic E-state index is 0.999. The zero-order valence-electron chi connectivity index (χ0n) is 11.5. The lowest BCUT2D eigenvalue weighted by molar-refractivity contribution is 0.213. The molecule has 0 amide bonds. The standard InChI is InChI=1S/C14H29N3/c1-16(13-14-5-2-3-6-14)9-4-10-17-11-7-15-8-12-17/h14-15H,2-13H2,1H3. The minimum Gasteiger partial charge on any atom is -0.314 e. The van der Waals surface area contributed by atoms with E-state index in [2.05, 4.69) is 22.2 Å². The lowest BCUT2D eigenvalue weighted by atomic mass is 10.1. The maximum absolute atomic E-state index is 3.41. The first-order valence-corrected chi connectivity index (χ1v) is 7.46. The molecule has 0 unspecified atom stereocenters. The quantitative estimate of drug-likeness (QED) is 0.756. The normalized spacial score (nSPS) is 23.6. The van der Waals surface area contributed by atoms with Gasteiger partial charge in [0.25, 0.3) is 0 Å². The molecule has 1 aliphatic heterocycles. The monoisotopic (exact) mass is 239 g/mol. The number of nitrogens with zero attached hydrogens (tertiary/aromatic N) is 2. The van der Waals surface area contributed by atoms with Gasteiger partial charge < -0.3 is 15.1 Å². The second-order valence-corrected chi connectivity index (χ2v) is 5.86. The molecule has 0 radical (unpaired) electrons. The summed E-state index contributed by atoms with van der Waals surface area (Å²) < 4.78 is 0. The second-order valence-electron chi connectivity index (χ2n) is 5.86. The van der Waals surface area contributed by atoms with Crippen LogP contribution < -0.4 is 5.32 Å². The maximum atomic E-state index is 3.41. The van der Waals surface area contributed by atoms with E-state index in [1.54, 1.807) is 0 Å². The highest BCUT2D eigenvalue weighted by Crippen LogP contribution is 2.25. The van der Waals surface area contributed by atoms with E-state index < -0.39 is 0 Å². The van der Waals surface area contributed by atoms with Gasteiger partial charge >= 0.3 is 0 Å². The predicted molar refractivity (Wildman–Crippen MR) is 73.4 cm³/mol. The summed E-state index contributed by atoms with van der Waals surface area (Å²) in [5.74, 6) is 0.999. The molecule has 3 heteroatoms. The first kappa shape index (κ1) is 13.3. The third-order valence-corrected chi connectivity index (χ3v) is 4.27. The molecule has 3 nitrogen and oxygen atoms in total. The van der Waals surface area contributed by atoms with Gasteiger partial charge in [0.05, 0.1) is 0 Å². The molecule has 1 saturated carbocycles. The van der Waals surface area contributed by atoms with Crippen molar-refractivity contribution >= 4 is 0 Å². The zero-order valence-corrected chi connectivity index (χ0v) is 11.5. The van der Waals surface area contributed by atoms with Gasteiger partial charge in [0.2, 0.25) is 0 Å². The van der Waals surface area contributed by atoms with Gasteiger partial charge in [-0.05, 0) is 45.3 Å². The Morgan fingerprint density at radius 2 is 1.88 bits per heavy atom. The molecule has 0 aromatic carbocycles. The molecule has 1 saturated heterocycles. The molecule has 2 rings (SSSR count). The molecule has 0 bridgehead atoms. The smallest absolute Gasteiger partial charge is 0.0107 e. The van der Waals surface area contributed by atoms with Gasteiger partial charge in [0, 0.05) is 32.7 Å².